The zero-order chi connectivity index (χ0) is 18.2. The van der Waals surface area contributed by atoms with Gasteiger partial charge in [0, 0.05) is 40.6 Å². The van der Waals surface area contributed by atoms with Crippen molar-refractivity contribution in [1.82, 2.24) is 24.9 Å². The van der Waals surface area contributed by atoms with E-state index in [2.05, 4.69) is 47.2 Å². The lowest BCUT2D eigenvalue weighted by atomic mass is 10.2. The van der Waals surface area contributed by atoms with Crippen LogP contribution in [0.5, 0.6) is 0 Å². The van der Waals surface area contributed by atoms with Gasteiger partial charge >= 0.3 is 0 Å². The lowest BCUT2D eigenvalue weighted by Crippen LogP contribution is -2.19. The minimum Gasteiger partial charge on any atom is -0.372 e. The van der Waals surface area contributed by atoms with Gasteiger partial charge in [0.2, 0.25) is 5.13 Å². The first-order valence-corrected chi connectivity index (χ1v) is 9.42. The van der Waals surface area contributed by atoms with Crippen LogP contribution in [-0.2, 0) is 0 Å². The number of aromatic nitrogens is 4. The number of fused-ring (bicyclic) bond motifs is 1. The molecule has 27 heavy (non-hydrogen) atoms. The predicted molar refractivity (Wildman–Crippen MR) is 109 cm³/mol. The Labute approximate surface area is 163 Å². The summed E-state index contributed by atoms with van der Waals surface area (Å²) in [6.07, 6.45) is 5.65. The molecule has 1 aliphatic rings. The molecule has 5 rings (SSSR count). The highest BCUT2D eigenvalue weighted by Crippen LogP contribution is 2.33. The van der Waals surface area contributed by atoms with Gasteiger partial charge in [0.1, 0.15) is 0 Å². The van der Waals surface area contributed by atoms with E-state index in [1.54, 1.807) is 6.20 Å². The van der Waals surface area contributed by atoms with E-state index in [1.807, 2.05) is 36.7 Å². The maximum atomic E-state index is 6.47. The minimum atomic E-state index is 0.605. The van der Waals surface area contributed by atoms with Gasteiger partial charge in [0.05, 0.1) is 29.1 Å². The SMILES string of the molecule is Clc1c(Nc2nc(-c3cccc(N4C=CNC4)c3)ns2)ccc2[nH]ncc12. The maximum Gasteiger partial charge on any atom is 0.207 e. The third-order valence-electron chi connectivity index (χ3n) is 4.30. The quantitative estimate of drug-likeness (QED) is 0.477. The Bertz CT molecular complexity index is 1150. The number of benzene rings is 2. The Morgan fingerprint density at radius 1 is 1.22 bits per heavy atom. The van der Waals surface area contributed by atoms with Crippen LogP contribution in [0.1, 0.15) is 0 Å². The molecule has 0 spiro atoms. The molecule has 2 aromatic heterocycles. The summed E-state index contributed by atoms with van der Waals surface area (Å²) in [6.45, 7) is 0.760. The van der Waals surface area contributed by atoms with E-state index >= 15 is 0 Å². The van der Waals surface area contributed by atoms with Gasteiger partial charge in [0.25, 0.3) is 0 Å². The second-order valence-electron chi connectivity index (χ2n) is 6.00. The van der Waals surface area contributed by atoms with Gasteiger partial charge in [-0.25, -0.2) is 0 Å². The van der Waals surface area contributed by atoms with Crippen LogP contribution < -0.4 is 15.5 Å². The van der Waals surface area contributed by atoms with Crippen molar-refractivity contribution in [3.8, 4) is 11.4 Å². The summed E-state index contributed by atoms with van der Waals surface area (Å²) in [7, 11) is 0. The average molecular weight is 396 g/mol. The van der Waals surface area contributed by atoms with Crippen LogP contribution >= 0.6 is 23.1 Å². The van der Waals surface area contributed by atoms with E-state index in [0.717, 1.165) is 34.5 Å². The normalized spacial score (nSPS) is 13.3. The third kappa shape index (κ3) is 2.98. The largest absolute Gasteiger partial charge is 0.372 e. The number of hydrogen-bond acceptors (Lipinski definition) is 7. The van der Waals surface area contributed by atoms with E-state index in [-0.39, 0.29) is 0 Å². The first-order valence-electron chi connectivity index (χ1n) is 8.27. The fourth-order valence-corrected chi connectivity index (χ4v) is 3.80. The van der Waals surface area contributed by atoms with Gasteiger partial charge in [0.15, 0.2) is 5.82 Å². The van der Waals surface area contributed by atoms with Crippen LogP contribution in [-0.4, -0.2) is 26.2 Å². The highest BCUT2D eigenvalue weighted by molar-refractivity contribution is 7.10. The van der Waals surface area contributed by atoms with Crippen molar-refractivity contribution in [3.05, 3.63) is 60.0 Å². The van der Waals surface area contributed by atoms with Crippen LogP contribution in [0.4, 0.5) is 16.5 Å². The van der Waals surface area contributed by atoms with E-state index in [1.165, 1.54) is 11.5 Å². The number of nitrogens with zero attached hydrogens (tertiary/aromatic N) is 4. The summed E-state index contributed by atoms with van der Waals surface area (Å²) in [5.74, 6) is 0.681. The summed E-state index contributed by atoms with van der Waals surface area (Å²) in [5.41, 5.74) is 3.72. The maximum absolute atomic E-state index is 6.47. The highest BCUT2D eigenvalue weighted by Gasteiger charge is 2.13. The van der Waals surface area contributed by atoms with Crippen molar-refractivity contribution in [2.75, 3.05) is 16.9 Å². The average Bonchev–Trinajstić information content (AvgIpc) is 3.46. The number of nitrogens with one attached hydrogen (secondary N) is 3. The van der Waals surface area contributed by atoms with Crippen LogP contribution in [0.3, 0.4) is 0 Å². The number of halogens is 1. The van der Waals surface area contributed by atoms with Crippen LogP contribution in [0, 0.1) is 0 Å². The summed E-state index contributed by atoms with van der Waals surface area (Å²) < 4.78 is 4.49. The molecule has 7 nitrogen and oxygen atoms in total. The van der Waals surface area contributed by atoms with Crippen molar-refractivity contribution in [3.63, 3.8) is 0 Å². The Morgan fingerprint density at radius 2 is 2.19 bits per heavy atom. The molecule has 134 valence electrons. The number of rotatable bonds is 4. The smallest absolute Gasteiger partial charge is 0.207 e. The van der Waals surface area contributed by atoms with E-state index in [0.29, 0.717) is 16.0 Å². The molecule has 0 unspecified atom stereocenters. The van der Waals surface area contributed by atoms with Gasteiger partial charge in [-0.2, -0.15) is 14.5 Å². The molecule has 0 saturated heterocycles. The molecule has 0 atom stereocenters. The number of H-pyrrole nitrogens is 1. The van der Waals surface area contributed by atoms with Crippen LogP contribution in [0.2, 0.25) is 5.02 Å². The number of hydrogen-bond donors (Lipinski definition) is 3. The summed E-state index contributed by atoms with van der Waals surface area (Å²) in [5, 5.41) is 15.5. The second-order valence-corrected chi connectivity index (χ2v) is 7.13. The Balaban J connectivity index is 1.42. The molecule has 0 saturated carbocycles. The molecule has 3 heterocycles. The topological polar surface area (TPSA) is 81.8 Å². The number of aromatic amines is 1. The molecule has 3 N–H and O–H groups in total. The highest BCUT2D eigenvalue weighted by atomic mass is 35.5. The molecule has 0 radical (unpaired) electrons. The van der Waals surface area contributed by atoms with Crippen LogP contribution in [0.25, 0.3) is 22.3 Å². The third-order valence-corrected chi connectivity index (χ3v) is 5.33. The monoisotopic (exact) mass is 395 g/mol. The fourth-order valence-electron chi connectivity index (χ4n) is 2.93. The molecule has 0 amide bonds. The summed E-state index contributed by atoms with van der Waals surface area (Å²) >= 11 is 7.77. The fraction of sp³-hybridized carbons (Fsp3) is 0.0556. The molecule has 9 heteroatoms. The van der Waals surface area contributed by atoms with Gasteiger partial charge in [-0.1, -0.05) is 23.7 Å². The van der Waals surface area contributed by atoms with E-state index in [4.69, 9.17) is 11.6 Å². The van der Waals surface area contributed by atoms with Gasteiger partial charge in [-0.3, -0.25) is 5.10 Å². The molecule has 4 aromatic rings. The Morgan fingerprint density at radius 3 is 3.07 bits per heavy atom. The second kappa shape index (κ2) is 6.57. The molecule has 0 bridgehead atoms. The predicted octanol–water partition coefficient (Wildman–Crippen LogP) is 4.32. The van der Waals surface area contributed by atoms with Gasteiger partial charge in [-0.15, -0.1) is 0 Å². The first-order chi connectivity index (χ1) is 13.3. The first kappa shape index (κ1) is 16.1. The van der Waals surface area contributed by atoms with Crippen molar-refractivity contribution in [2.24, 2.45) is 0 Å². The molecule has 1 aliphatic heterocycles. The zero-order valence-corrected chi connectivity index (χ0v) is 15.6. The van der Waals surface area contributed by atoms with Crippen molar-refractivity contribution < 1.29 is 0 Å². The molecular weight excluding hydrogens is 382 g/mol. The zero-order valence-electron chi connectivity index (χ0n) is 14.0. The van der Waals surface area contributed by atoms with E-state index < -0.39 is 0 Å². The molecule has 0 aliphatic carbocycles. The lowest BCUT2D eigenvalue weighted by molar-refractivity contribution is 0.901. The number of anilines is 3. The van der Waals surface area contributed by atoms with E-state index in [9.17, 15) is 0 Å². The minimum absolute atomic E-state index is 0.605. The van der Waals surface area contributed by atoms with Crippen molar-refractivity contribution >= 4 is 50.5 Å². The van der Waals surface area contributed by atoms with Crippen LogP contribution in [0.15, 0.2) is 55.0 Å². The standard InChI is InChI=1S/C18H14ClN7S/c19-16-13-9-21-24-14(13)4-5-15(16)22-18-23-17(25-27-18)11-2-1-3-12(8-11)26-7-6-20-10-26/h1-9,20H,10H2,(H,21,24)(H,22,23,25). The molecular formula is C18H14ClN7S. The van der Waals surface area contributed by atoms with Crippen molar-refractivity contribution in [1.29, 1.82) is 0 Å². The van der Waals surface area contributed by atoms with Gasteiger partial charge in [-0.05, 0) is 24.3 Å². The van der Waals surface area contributed by atoms with Crippen molar-refractivity contribution in [2.45, 2.75) is 0 Å². The Hall–Kier alpha value is -3.10. The Kier molecular flexibility index (Phi) is 3.92. The lowest BCUT2D eigenvalue weighted by Gasteiger charge is -2.15. The van der Waals surface area contributed by atoms with Gasteiger partial charge < -0.3 is 15.5 Å². The summed E-state index contributed by atoms with van der Waals surface area (Å²) in [4.78, 5) is 6.73. The molecule has 2 aromatic carbocycles. The summed E-state index contributed by atoms with van der Waals surface area (Å²) in [6, 6.07) is 12.0. The molecule has 0 fully saturated rings.